The lowest BCUT2D eigenvalue weighted by Gasteiger charge is -2.32. The van der Waals surface area contributed by atoms with Gasteiger partial charge in [-0.1, -0.05) is 29.8 Å². The van der Waals surface area contributed by atoms with Crippen molar-refractivity contribution in [1.82, 2.24) is 10.6 Å². The zero-order valence-electron chi connectivity index (χ0n) is 17.5. The number of halogens is 3. The van der Waals surface area contributed by atoms with Crippen molar-refractivity contribution in [2.75, 3.05) is 26.7 Å². The second kappa shape index (κ2) is 12.2. The summed E-state index contributed by atoms with van der Waals surface area (Å²) in [5, 5.41) is 6.53. The number of ether oxygens (including phenoxy) is 1. The molecule has 1 aliphatic rings. The summed E-state index contributed by atoms with van der Waals surface area (Å²) in [6.45, 7) is 4.05. The number of rotatable bonds is 6. The molecule has 0 saturated carbocycles. The topological polar surface area (TPSA) is 45.7 Å². The molecule has 1 fully saturated rings. The Bertz CT molecular complexity index is 830. The van der Waals surface area contributed by atoms with E-state index in [0.717, 1.165) is 38.1 Å². The van der Waals surface area contributed by atoms with E-state index in [0.29, 0.717) is 30.4 Å². The summed E-state index contributed by atoms with van der Waals surface area (Å²) in [4.78, 5) is 4.24. The molecule has 7 heteroatoms. The van der Waals surface area contributed by atoms with Crippen LogP contribution in [0, 0.1) is 24.5 Å². The average Bonchev–Trinajstić information content (AvgIpc) is 2.74. The van der Waals surface area contributed by atoms with Gasteiger partial charge in [-0.3, -0.25) is 4.99 Å². The fourth-order valence-electron chi connectivity index (χ4n) is 3.68. The first-order valence-corrected chi connectivity index (χ1v) is 10.1. The van der Waals surface area contributed by atoms with Crippen LogP contribution in [0.2, 0.25) is 0 Å². The van der Waals surface area contributed by atoms with E-state index >= 15 is 0 Å². The van der Waals surface area contributed by atoms with Gasteiger partial charge < -0.3 is 15.4 Å². The Morgan fingerprint density at radius 2 is 1.90 bits per heavy atom. The molecule has 2 N–H and O–H groups in total. The Morgan fingerprint density at radius 1 is 1.13 bits per heavy atom. The molecule has 0 amide bonds. The minimum atomic E-state index is -0.427. The molecule has 0 aromatic heterocycles. The van der Waals surface area contributed by atoms with Crippen LogP contribution in [-0.4, -0.2) is 32.7 Å². The number of nitrogens with one attached hydrogen (secondary N) is 2. The zero-order valence-corrected chi connectivity index (χ0v) is 19.8. The summed E-state index contributed by atoms with van der Waals surface area (Å²) in [6.07, 6.45) is 2.57. The monoisotopic (exact) mass is 529 g/mol. The van der Waals surface area contributed by atoms with Gasteiger partial charge in [0.15, 0.2) is 5.96 Å². The molecule has 2 aromatic rings. The third-order valence-corrected chi connectivity index (χ3v) is 5.30. The molecule has 0 spiro atoms. The number of nitrogens with zero attached hydrogens (tertiary/aromatic N) is 1. The van der Waals surface area contributed by atoms with Crippen molar-refractivity contribution in [3.8, 4) is 0 Å². The summed E-state index contributed by atoms with van der Waals surface area (Å²) in [6, 6.07) is 12.0. The predicted molar refractivity (Wildman–Crippen MR) is 127 cm³/mol. The maximum absolute atomic E-state index is 13.7. The van der Waals surface area contributed by atoms with Crippen molar-refractivity contribution < 1.29 is 13.5 Å². The highest BCUT2D eigenvalue weighted by Crippen LogP contribution is 2.33. The standard InChI is InChI=1S/C23H29F2N3O.HI/c1-16-5-7-17(8-6-16)22-19(4-3-13-29-22)15-28-23(26-2)27-12-11-18-14-20(24)9-10-21(18)25;/h5-10,14,19,22H,3-4,11-13,15H2,1-2H3,(H2,26,27,28);1H. The van der Waals surface area contributed by atoms with Gasteiger partial charge in [-0.05, 0) is 55.5 Å². The van der Waals surface area contributed by atoms with Crippen LogP contribution in [0.25, 0.3) is 0 Å². The van der Waals surface area contributed by atoms with E-state index in [2.05, 4.69) is 46.8 Å². The molecule has 2 unspecified atom stereocenters. The van der Waals surface area contributed by atoms with Gasteiger partial charge in [0, 0.05) is 32.7 Å². The van der Waals surface area contributed by atoms with Crippen LogP contribution in [0.1, 0.15) is 35.6 Å². The van der Waals surface area contributed by atoms with Crippen LogP contribution in [-0.2, 0) is 11.2 Å². The molecule has 0 bridgehead atoms. The SMILES string of the molecule is CN=C(NCCc1cc(F)ccc1F)NCC1CCCOC1c1ccc(C)cc1.I. The summed E-state index contributed by atoms with van der Waals surface area (Å²) >= 11 is 0. The van der Waals surface area contributed by atoms with Gasteiger partial charge in [0.25, 0.3) is 0 Å². The largest absolute Gasteiger partial charge is 0.373 e. The summed E-state index contributed by atoms with van der Waals surface area (Å²) < 4.78 is 33.1. The summed E-state index contributed by atoms with van der Waals surface area (Å²) in [7, 11) is 1.70. The number of benzene rings is 2. The van der Waals surface area contributed by atoms with Gasteiger partial charge in [-0.2, -0.15) is 0 Å². The van der Waals surface area contributed by atoms with Crippen molar-refractivity contribution >= 4 is 29.9 Å². The van der Waals surface area contributed by atoms with Gasteiger partial charge in [0.1, 0.15) is 11.6 Å². The van der Waals surface area contributed by atoms with Gasteiger partial charge in [0.2, 0.25) is 0 Å². The molecule has 2 aromatic carbocycles. The van der Waals surface area contributed by atoms with E-state index in [9.17, 15) is 8.78 Å². The highest BCUT2D eigenvalue weighted by Gasteiger charge is 2.27. The Morgan fingerprint density at radius 3 is 2.63 bits per heavy atom. The second-order valence-electron chi connectivity index (χ2n) is 7.47. The number of aryl methyl sites for hydroxylation is 1. The first-order chi connectivity index (χ1) is 14.1. The average molecular weight is 529 g/mol. The van der Waals surface area contributed by atoms with Crippen LogP contribution >= 0.6 is 24.0 Å². The van der Waals surface area contributed by atoms with Crippen LogP contribution in [0.15, 0.2) is 47.5 Å². The molecule has 2 atom stereocenters. The molecule has 0 radical (unpaired) electrons. The third-order valence-electron chi connectivity index (χ3n) is 5.30. The molecule has 0 aliphatic carbocycles. The fraction of sp³-hybridized carbons (Fsp3) is 0.435. The van der Waals surface area contributed by atoms with Gasteiger partial charge >= 0.3 is 0 Å². The molecule has 1 heterocycles. The first kappa shape index (κ1) is 24.5. The van der Waals surface area contributed by atoms with Crippen LogP contribution in [0.4, 0.5) is 8.78 Å². The molecular formula is C23H30F2IN3O. The quantitative estimate of drug-likeness (QED) is 0.322. The van der Waals surface area contributed by atoms with Crippen molar-refractivity contribution in [3.63, 3.8) is 0 Å². The minimum Gasteiger partial charge on any atom is -0.373 e. The minimum absolute atomic E-state index is 0. The van der Waals surface area contributed by atoms with Gasteiger partial charge in [0.05, 0.1) is 6.10 Å². The maximum atomic E-state index is 13.7. The molecular weight excluding hydrogens is 499 g/mol. The van der Waals surface area contributed by atoms with Crippen LogP contribution in [0.5, 0.6) is 0 Å². The number of hydrogen-bond acceptors (Lipinski definition) is 2. The van der Waals surface area contributed by atoms with E-state index in [-0.39, 0.29) is 30.1 Å². The maximum Gasteiger partial charge on any atom is 0.190 e. The van der Waals surface area contributed by atoms with Gasteiger partial charge in [-0.25, -0.2) is 8.78 Å². The van der Waals surface area contributed by atoms with Crippen molar-refractivity contribution in [3.05, 3.63) is 70.8 Å². The normalized spacial score (nSPS) is 19.1. The predicted octanol–water partition coefficient (Wildman–Crippen LogP) is 4.77. The number of guanidine groups is 1. The Hall–Kier alpha value is -1.74. The summed E-state index contributed by atoms with van der Waals surface area (Å²) in [5.41, 5.74) is 2.79. The smallest absolute Gasteiger partial charge is 0.190 e. The molecule has 164 valence electrons. The highest BCUT2D eigenvalue weighted by atomic mass is 127. The van der Waals surface area contributed by atoms with Crippen molar-refractivity contribution in [2.24, 2.45) is 10.9 Å². The van der Waals surface area contributed by atoms with Crippen molar-refractivity contribution in [2.45, 2.75) is 32.3 Å². The Balaban J connectivity index is 0.00000320. The highest BCUT2D eigenvalue weighted by molar-refractivity contribution is 14.0. The lowest BCUT2D eigenvalue weighted by atomic mass is 9.89. The lowest BCUT2D eigenvalue weighted by molar-refractivity contribution is -0.0265. The number of aliphatic imine (C=N–C) groups is 1. The summed E-state index contributed by atoms with van der Waals surface area (Å²) in [5.74, 6) is 0.167. The van der Waals surface area contributed by atoms with Crippen LogP contribution in [0.3, 0.4) is 0 Å². The van der Waals surface area contributed by atoms with E-state index in [1.54, 1.807) is 7.05 Å². The molecule has 4 nitrogen and oxygen atoms in total. The fourth-order valence-corrected chi connectivity index (χ4v) is 3.68. The molecule has 1 saturated heterocycles. The Labute approximate surface area is 194 Å². The number of hydrogen-bond donors (Lipinski definition) is 2. The molecule has 30 heavy (non-hydrogen) atoms. The Kier molecular flexibility index (Phi) is 9.97. The van der Waals surface area contributed by atoms with E-state index in [4.69, 9.17) is 4.74 Å². The first-order valence-electron chi connectivity index (χ1n) is 10.1. The van der Waals surface area contributed by atoms with Crippen molar-refractivity contribution in [1.29, 1.82) is 0 Å². The zero-order chi connectivity index (χ0) is 20.6. The molecule has 3 rings (SSSR count). The van der Waals surface area contributed by atoms with E-state index in [1.165, 1.54) is 17.2 Å². The lowest BCUT2D eigenvalue weighted by Crippen LogP contribution is -2.42. The second-order valence-corrected chi connectivity index (χ2v) is 7.47. The molecule has 1 aliphatic heterocycles. The van der Waals surface area contributed by atoms with Crippen LogP contribution < -0.4 is 10.6 Å². The van der Waals surface area contributed by atoms with Gasteiger partial charge in [-0.15, -0.1) is 24.0 Å². The third kappa shape index (κ3) is 6.91. The van der Waals surface area contributed by atoms with E-state index in [1.807, 2.05) is 0 Å². The van der Waals surface area contributed by atoms with E-state index < -0.39 is 11.6 Å².